The van der Waals surface area contributed by atoms with Gasteiger partial charge in [-0.15, -0.1) is 0 Å². The molecule has 0 bridgehead atoms. The fourth-order valence-electron chi connectivity index (χ4n) is 3.01. The molecule has 2 aromatic carbocycles. The van der Waals surface area contributed by atoms with Gasteiger partial charge in [-0.3, -0.25) is 0 Å². The molecule has 30 heavy (non-hydrogen) atoms. The van der Waals surface area contributed by atoms with Crippen LogP contribution in [0.3, 0.4) is 0 Å². The maximum absolute atomic E-state index is 13.5. The lowest BCUT2D eigenvalue weighted by Crippen LogP contribution is -2.62. The third-order valence-electron chi connectivity index (χ3n) is 4.62. The number of alkyl halides is 6. The van der Waals surface area contributed by atoms with Crippen molar-refractivity contribution in [1.29, 1.82) is 0 Å². The third-order valence-corrected chi connectivity index (χ3v) is 6.99. The lowest BCUT2D eigenvalue weighted by molar-refractivity contribution is -0.397. The molecule has 0 spiro atoms. The fraction of sp³-hybridized carbons (Fsp3) is 0.500. The van der Waals surface area contributed by atoms with E-state index in [1.54, 1.807) is 30.3 Å². The van der Waals surface area contributed by atoms with Crippen molar-refractivity contribution in [1.82, 2.24) is 0 Å². The number of fused-ring (bicyclic) bond motifs is 1. The van der Waals surface area contributed by atoms with Crippen LogP contribution in [0.15, 0.2) is 41.3 Å². The summed E-state index contributed by atoms with van der Waals surface area (Å²) in [6, 6.07) is 9.92. The van der Waals surface area contributed by atoms with Gasteiger partial charge in [0, 0.05) is 28.8 Å². The Morgan fingerprint density at radius 1 is 0.833 bits per heavy atom. The molecule has 0 saturated heterocycles. The van der Waals surface area contributed by atoms with Crippen LogP contribution in [0.5, 0.6) is 5.75 Å². The van der Waals surface area contributed by atoms with E-state index in [1.165, 1.54) is 6.07 Å². The zero-order chi connectivity index (χ0) is 22.6. The van der Waals surface area contributed by atoms with Crippen molar-refractivity contribution < 1.29 is 40.6 Å². The van der Waals surface area contributed by atoms with E-state index >= 15 is 0 Å². The maximum Gasteiger partial charge on any atom is 0.430 e. The molecule has 2 rings (SSSR count). The topological polar surface area (TPSA) is 27.7 Å². The van der Waals surface area contributed by atoms with Gasteiger partial charge in [-0.05, 0) is 32.0 Å². The van der Waals surface area contributed by atoms with E-state index in [0.717, 1.165) is 28.9 Å². The molecule has 2 aromatic rings. The molecule has 0 radical (unpaired) electrons. The zero-order valence-electron chi connectivity index (χ0n) is 16.7. The molecule has 168 valence electrons. The summed E-state index contributed by atoms with van der Waals surface area (Å²) in [4.78, 5) is 0.997. The smallest absolute Gasteiger partial charge is 0.430 e. The molecule has 0 heterocycles. The molecule has 0 N–H and O–H groups in total. The van der Waals surface area contributed by atoms with Crippen LogP contribution in [0, 0.1) is 0 Å². The lowest BCUT2D eigenvalue weighted by atomic mass is 10.0. The van der Waals surface area contributed by atoms with E-state index in [0.29, 0.717) is 5.39 Å². The number of ether oxygens (including phenoxy) is 3. The van der Waals surface area contributed by atoms with Gasteiger partial charge in [-0.25, -0.2) is 0 Å². The second kappa shape index (κ2) is 9.65. The number of halogens is 6. The van der Waals surface area contributed by atoms with Gasteiger partial charge in [-0.1, -0.05) is 18.2 Å². The van der Waals surface area contributed by atoms with Crippen molar-refractivity contribution >= 4 is 21.7 Å². The molecular formula is C20H23F6O3S+. The third kappa shape index (κ3) is 4.81. The Morgan fingerprint density at radius 2 is 1.40 bits per heavy atom. The monoisotopic (exact) mass is 457 g/mol. The Hall–Kier alpha value is -1.65. The van der Waals surface area contributed by atoms with Crippen LogP contribution in [0.1, 0.15) is 13.8 Å². The Bertz CT molecular complexity index is 819. The highest BCUT2D eigenvalue weighted by atomic mass is 32.2. The van der Waals surface area contributed by atoms with Gasteiger partial charge < -0.3 is 14.2 Å². The van der Waals surface area contributed by atoms with Crippen molar-refractivity contribution in [3.05, 3.63) is 36.4 Å². The van der Waals surface area contributed by atoms with E-state index in [2.05, 4.69) is 9.47 Å². The van der Waals surface area contributed by atoms with Crippen molar-refractivity contribution in [3.63, 3.8) is 0 Å². The van der Waals surface area contributed by atoms with Crippen LogP contribution in [0.25, 0.3) is 10.8 Å². The summed E-state index contributed by atoms with van der Waals surface area (Å²) in [6.45, 7) is 1.07. The summed E-state index contributed by atoms with van der Waals surface area (Å²) in [7, 11) is 0.839. The molecule has 0 atom stereocenters. The zero-order valence-corrected chi connectivity index (χ0v) is 17.5. The second-order valence-corrected chi connectivity index (χ2v) is 8.92. The quantitative estimate of drug-likeness (QED) is 0.274. The SMILES string of the molecule is CC[S+](CC)c1ccc(OCC(OCOC)(C(F)(F)F)C(F)(F)F)c2ccccc12. The van der Waals surface area contributed by atoms with Crippen molar-refractivity contribution in [2.75, 3.05) is 32.0 Å². The molecule has 10 heteroatoms. The predicted octanol–water partition coefficient (Wildman–Crippen LogP) is 5.72. The molecule has 0 amide bonds. The van der Waals surface area contributed by atoms with Gasteiger partial charge >= 0.3 is 12.4 Å². The van der Waals surface area contributed by atoms with Crippen molar-refractivity contribution in [2.24, 2.45) is 0 Å². The minimum absolute atomic E-state index is 0.0796. The van der Waals surface area contributed by atoms with Crippen LogP contribution in [-0.4, -0.2) is 50.0 Å². The molecule has 3 nitrogen and oxygen atoms in total. The Balaban J connectivity index is 2.49. The Labute approximate surface area is 173 Å². The highest BCUT2D eigenvalue weighted by Crippen LogP contribution is 2.46. The number of hydrogen-bond acceptors (Lipinski definition) is 3. The average Bonchev–Trinajstić information content (AvgIpc) is 2.68. The Kier molecular flexibility index (Phi) is 7.92. The maximum atomic E-state index is 13.5. The summed E-state index contributed by atoms with van der Waals surface area (Å²) >= 11 is 0. The Morgan fingerprint density at radius 3 is 1.90 bits per heavy atom. The molecule has 0 aliphatic carbocycles. The summed E-state index contributed by atoms with van der Waals surface area (Å²) < 4.78 is 94.5. The second-order valence-electron chi connectivity index (χ2n) is 6.34. The van der Waals surface area contributed by atoms with Crippen LogP contribution < -0.4 is 4.74 Å². The largest absolute Gasteiger partial charge is 0.489 e. The lowest BCUT2D eigenvalue weighted by Gasteiger charge is -2.36. The van der Waals surface area contributed by atoms with Gasteiger partial charge in [0.05, 0.1) is 0 Å². The molecular weight excluding hydrogens is 434 g/mol. The summed E-state index contributed by atoms with van der Waals surface area (Å²) in [5.74, 6) is 1.66. The molecule has 0 fully saturated rings. The first-order valence-corrected chi connectivity index (χ1v) is 10.7. The standard InChI is InChI=1S/C20H23F6O3S/c1-4-30(5-2)17-11-10-16(14-8-6-7-9-15(14)17)28-12-18(19(21,22)23,20(24,25)26)29-13-27-3/h6-11H,4-5,12-13H2,1-3H3/q+1. The summed E-state index contributed by atoms with van der Waals surface area (Å²) in [5, 5.41) is 1.18. The van der Waals surface area contributed by atoms with E-state index in [9.17, 15) is 26.3 Å². The van der Waals surface area contributed by atoms with Gasteiger partial charge in [0.2, 0.25) is 0 Å². The van der Waals surface area contributed by atoms with Crippen LogP contribution in [0.2, 0.25) is 0 Å². The normalized spacial score (nSPS) is 13.3. The first-order valence-electron chi connectivity index (χ1n) is 9.10. The molecule has 0 saturated carbocycles. The highest BCUT2D eigenvalue weighted by molar-refractivity contribution is 7.97. The molecule has 0 aromatic heterocycles. The van der Waals surface area contributed by atoms with Crippen LogP contribution in [-0.2, 0) is 20.4 Å². The average molecular weight is 457 g/mol. The number of benzene rings is 2. The van der Waals surface area contributed by atoms with Crippen molar-refractivity contribution in [3.8, 4) is 5.75 Å². The number of hydrogen-bond donors (Lipinski definition) is 0. The summed E-state index contributed by atoms with van der Waals surface area (Å²) in [6.07, 6.45) is -11.5. The van der Waals surface area contributed by atoms with E-state index in [1.807, 2.05) is 13.8 Å². The van der Waals surface area contributed by atoms with Crippen LogP contribution in [0.4, 0.5) is 26.3 Å². The predicted molar refractivity (Wildman–Crippen MR) is 104 cm³/mol. The van der Waals surface area contributed by atoms with E-state index in [4.69, 9.17) is 4.74 Å². The van der Waals surface area contributed by atoms with Gasteiger partial charge in [0.25, 0.3) is 5.60 Å². The highest BCUT2D eigenvalue weighted by Gasteiger charge is 2.73. The minimum Gasteiger partial charge on any atom is -0.489 e. The number of methoxy groups -OCH3 is 1. The minimum atomic E-state index is -5.77. The van der Waals surface area contributed by atoms with Crippen molar-refractivity contribution in [2.45, 2.75) is 36.7 Å². The van der Waals surface area contributed by atoms with E-state index in [-0.39, 0.29) is 16.6 Å². The fourth-order valence-corrected chi connectivity index (χ4v) is 4.78. The van der Waals surface area contributed by atoms with Gasteiger partial charge in [0.15, 0.2) is 4.90 Å². The molecule has 0 aliphatic heterocycles. The van der Waals surface area contributed by atoms with E-state index < -0.39 is 31.4 Å². The first kappa shape index (κ1) is 24.6. The van der Waals surface area contributed by atoms with Crippen LogP contribution >= 0.6 is 0 Å². The molecule has 0 aliphatic rings. The summed E-state index contributed by atoms with van der Waals surface area (Å²) in [5.41, 5.74) is -4.52. The first-order chi connectivity index (χ1) is 14.0. The number of rotatable bonds is 9. The van der Waals surface area contributed by atoms with Gasteiger partial charge in [-0.2, -0.15) is 26.3 Å². The van der Waals surface area contributed by atoms with Gasteiger partial charge in [0.1, 0.15) is 30.7 Å². The molecule has 0 unspecified atom stereocenters.